The number of rotatable bonds is 11. The Labute approximate surface area is 273 Å². The fourth-order valence-corrected chi connectivity index (χ4v) is 7.76. The molecular formula is C41H55O3P. The Hall–Kier alpha value is -2.45. The summed E-state index contributed by atoms with van der Waals surface area (Å²) in [5, 5.41) is 4.87. The van der Waals surface area contributed by atoms with Crippen LogP contribution in [0.3, 0.4) is 0 Å². The van der Waals surface area contributed by atoms with Gasteiger partial charge in [0, 0.05) is 5.56 Å². The van der Waals surface area contributed by atoms with Crippen molar-refractivity contribution in [2.45, 2.75) is 136 Å². The molecule has 4 heteroatoms. The zero-order valence-electron chi connectivity index (χ0n) is 29.2. The minimum absolute atomic E-state index is 0.0141. The Morgan fingerprint density at radius 1 is 0.667 bits per heavy atom. The minimum Gasteiger partial charge on any atom is -0.427 e. The molecule has 0 saturated heterocycles. The Balaban J connectivity index is 1.60. The van der Waals surface area contributed by atoms with E-state index in [1.165, 1.54) is 39.1 Å². The van der Waals surface area contributed by atoms with E-state index < -0.39 is 14.2 Å². The topological polar surface area (TPSA) is 38.7 Å². The van der Waals surface area contributed by atoms with Crippen LogP contribution < -0.4 is 4.52 Å². The lowest BCUT2D eigenvalue weighted by Crippen LogP contribution is -2.31. The highest BCUT2D eigenvalue weighted by Crippen LogP contribution is 2.53. The van der Waals surface area contributed by atoms with Gasteiger partial charge in [0.15, 0.2) is 0 Å². The maximum Gasteiger partial charge on any atom is 0.395 e. The highest BCUT2D eigenvalue weighted by Gasteiger charge is 2.39. The Morgan fingerprint density at radius 2 is 1.29 bits per heavy atom. The predicted molar refractivity (Wildman–Crippen MR) is 193 cm³/mol. The fourth-order valence-electron chi connectivity index (χ4n) is 6.81. The van der Waals surface area contributed by atoms with Gasteiger partial charge in [-0.05, 0) is 105 Å². The summed E-state index contributed by atoms with van der Waals surface area (Å²) in [5.41, 5.74) is 4.34. The van der Waals surface area contributed by atoms with Gasteiger partial charge < -0.3 is 9.42 Å². The molecule has 4 aromatic carbocycles. The van der Waals surface area contributed by atoms with Crippen molar-refractivity contribution in [1.29, 1.82) is 0 Å². The van der Waals surface area contributed by atoms with Gasteiger partial charge in [0.05, 0.1) is 0 Å². The number of fused-ring (bicyclic) bond motifs is 2. The summed E-state index contributed by atoms with van der Waals surface area (Å²) in [6, 6.07) is 24.4. The van der Waals surface area contributed by atoms with Crippen LogP contribution in [0.1, 0.15) is 136 Å². The Bertz CT molecular complexity index is 1640. The molecule has 242 valence electrons. The first-order chi connectivity index (χ1) is 21.2. The largest absolute Gasteiger partial charge is 0.427 e. The molecule has 0 aromatic heterocycles. The highest BCUT2D eigenvalue weighted by atomic mass is 31.2. The number of hydrogen-bond donors (Lipinski definition) is 1. The zero-order valence-corrected chi connectivity index (χ0v) is 30.1. The van der Waals surface area contributed by atoms with Crippen molar-refractivity contribution in [2.75, 3.05) is 0 Å². The van der Waals surface area contributed by atoms with E-state index in [0.717, 1.165) is 61.8 Å². The first kappa shape index (κ1) is 33.9. The second kappa shape index (κ2) is 13.0. The van der Waals surface area contributed by atoms with Crippen LogP contribution in [-0.2, 0) is 26.4 Å². The molecule has 0 heterocycles. The van der Waals surface area contributed by atoms with E-state index >= 15 is 0 Å². The average Bonchev–Trinajstić information content (AvgIpc) is 3.03. The summed E-state index contributed by atoms with van der Waals surface area (Å²) < 4.78 is 13.3. The monoisotopic (exact) mass is 626 g/mol. The van der Waals surface area contributed by atoms with Crippen LogP contribution in [0.15, 0.2) is 66.7 Å². The van der Waals surface area contributed by atoms with Crippen LogP contribution in [-0.4, -0.2) is 4.89 Å². The average molecular weight is 627 g/mol. The molecule has 1 atom stereocenters. The van der Waals surface area contributed by atoms with Crippen LogP contribution in [0.5, 0.6) is 5.75 Å². The van der Waals surface area contributed by atoms with Crippen molar-refractivity contribution in [2.24, 2.45) is 0 Å². The molecule has 1 saturated carbocycles. The molecule has 0 radical (unpaired) electrons. The molecule has 1 aliphatic rings. The van der Waals surface area contributed by atoms with Crippen molar-refractivity contribution in [1.82, 2.24) is 0 Å². The van der Waals surface area contributed by atoms with E-state index in [9.17, 15) is 4.89 Å². The van der Waals surface area contributed by atoms with E-state index in [1.807, 2.05) is 0 Å². The van der Waals surface area contributed by atoms with E-state index in [1.54, 1.807) is 0 Å². The van der Waals surface area contributed by atoms with Crippen molar-refractivity contribution in [3.05, 3.63) is 89.0 Å². The SMILES string of the molecule is CCC(C)(C)c1cc(C(C)(C)CC)c2cc(OP(O)OC3(c4ccc5ccccc5c4)CCCCC3)c(C(C)(C)CC)cc2c1. The van der Waals surface area contributed by atoms with Crippen molar-refractivity contribution in [3.63, 3.8) is 0 Å². The maximum atomic E-state index is 11.7. The molecule has 1 aliphatic carbocycles. The van der Waals surface area contributed by atoms with E-state index in [-0.39, 0.29) is 16.2 Å². The molecule has 1 unspecified atom stereocenters. The third-order valence-corrected chi connectivity index (χ3v) is 12.2. The number of benzene rings is 4. The molecule has 0 amide bonds. The van der Waals surface area contributed by atoms with Crippen LogP contribution in [0, 0.1) is 0 Å². The minimum atomic E-state index is -2.19. The van der Waals surface area contributed by atoms with Crippen molar-refractivity contribution < 1.29 is 13.9 Å². The van der Waals surface area contributed by atoms with E-state index in [2.05, 4.69) is 129 Å². The lowest BCUT2D eigenvalue weighted by atomic mass is 9.73. The van der Waals surface area contributed by atoms with Gasteiger partial charge in [-0.2, -0.15) is 0 Å². The maximum absolute atomic E-state index is 11.7. The molecule has 0 aliphatic heterocycles. The first-order valence-electron chi connectivity index (χ1n) is 17.2. The standard InChI is InChI=1S/C41H55O3P/c1-10-38(4,5)33-25-31-26-36(40(8,9)12-3)37(28-34(31)35(27-33)39(6,7)11-2)43-45(42)44-41(22-16-13-17-23-41)32-21-20-29-18-14-15-19-30(29)24-32/h14-15,18-21,24-28,42H,10-13,16-17,22-23H2,1-9H3. The summed E-state index contributed by atoms with van der Waals surface area (Å²) >= 11 is 0. The molecule has 3 nitrogen and oxygen atoms in total. The highest BCUT2D eigenvalue weighted by molar-refractivity contribution is 7.41. The van der Waals surface area contributed by atoms with Gasteiger partial charge in [0.1, 0.15) is 11.4 Å². The summed E-state index contributed by atoms with van der Waals surface area (Å²) in [6.07, 6.45) is 8.15. The molecule has 1 N–H and O–H groups in total. The van der Waals surface area contributed by atoms with Gasteiger partial charge in [-0.1, -0.05) is 130 Å². The molecular weight excluding hydrogens is 571 g/mol. The van der Waals surface area contributed by atoms with Gasteiger partial charge >= 0.3 is 8.60 Å². The lowest BCUT2D eigenvalue weighted by molar-refractivity contribution is 0.0168. The first-order valence-corrected chi connectivity index (χ1v) is 18.4. The van der Waals surface area contributed by atoms with Gasteiger partial charge in [-0.3, -0.25) is 4.52 Å². The van der Waals surface area contributed by atoms with Crippen LogP contribution >= 0.6 is 8.60 Å². The van der Waals surface area contributed by atoms with Gasteiger partial charge in [0.2, 0.25) is 0 Å². The fraction of sp³-hybridized carbons (Fsp3) is 0.512. The summed E-state index contributed by atoms with van der Waals surface area (Å²) in [7, 11) is -2.19. The van der Waals surface area contributed by atoms with Gasteiger partial charge in [-0.15, -0.1) is 0 Å². The lowest BCUT2D eigenvalue weighted by Gasteiger charge is -2.38. The third kappa shape index (κ3) is 6.83. The van der Waals surface area contributed by atoms with Crippen molar-refractivity contribution in [3.8, 4) is 5.75 Å². The normalized spacial score (nSPS) is 16.7. The molecule has 4 aromatic rings. The third-order valence-electron chi connectivity index (χ3n) is 11.3. The molecule has 0 spiro atoms. The van der Waals surface area contributed by atoms with Crippen LogP contribution in [0.4, 0.5) is 0 Å². The van der Waals surface area contributed by atoms with Crippen LogP contribution in [0.2, 0.25) is 0 Å². The van der Waals surface area contributed by atoms with E-state index in [0.29, 0.717) is 0 Å². The molecule has 45 heavy (non-hydrogen) atoms. The predicted octanol–water partition coefficient (Wildman–Crippen LogP) is 12.5. The van der Waals surface area contributed by atoms with Gasteiger partial charge in [-0.25, -0.2) is 0 Å². The van der Waals surface area contributed by atoms with Crippen molar-refractivity contribution >= 4 is 30.1 Å². The Morgan fingerprint density at radius 3 is 1.93 bits per heavy atom. The molecule has 5 rings (SSSR count). The zero-order chi connectivity index (χ0) is 32.6. The quantitative estimate of drug-likeness (QED) is 0.168. The summed E-state index contributed by atoms with van der Waals surface area (Å²) in [5.74, 6) is 0.739. The van der Waals surface area contributed by atoms with E-state index in [4.69, 9.17) is 9.05 Å². The molecule has 0 bridgehead atoms. The second-order valence-electron chi connectivity index (χ2n) is 15.3. The smallest absolute Gasteiger partial charge is 0.395 e. The second-order valence-corrected chi connectivity index (χ2v) is 16.2. The Kier molecular flexibility index (Phi) is 9.78. The summed E-state index contributed by atoms with van der Waals surface area (Å²) in [4.78, 5) is 11.7. The van der Waals surface area contributed by atoms with Crippen LogP contribution in [0.25, 0.3) is 21.5 Å². The summed E-state index contributed by atoms with van der Waals surface area (Å²) in [6.45, 7) is 20.7. The number of hydrogen-bond acceptors (Lipinski definition) is 3. The van der Waals surface area contributed by atoms with Gasteiger partial charge in [0.25, 0.3) is 0 Å². The molecule has 1 fully saturated rings.